The number of benzene rings is 3. The fourth-order valence-corrected chi connectivity index (χ4v) is 5.66. The van der Waals surface area contributed by atoms with Crippen molar-refractivity contribution in [3.8, 4) is 17.4 Å². The van der Waals surface area contributed by atoms with Gasteiger partial charge in [0.15, 0.2) is 5.75 Å². The van der Waals surface area contributed by atoms with Gasteiger partial charge in [-0.3, -0.25) is 9.69 Å². The standard InChI is InChI=1S/C35H34Cl3N3O3.BrH/c1-23-18-28(24(2)25(3)35(42)41-16-14-40(15-17-41)21-26-8-10-29(36)11-9-26)19-32(38)34(23)44-33-13-12-30(20-39-33)43-22-27-6-4-5-7-31(27)37;/h4-13,18-20H,14-17,21-22H2,1-3H3;1H/b25-24-;. The Balaban J connectivity index is 0.00000461. The Morgan fingerprint density at radius 1 is 0.889 bits per heavy atom. The van der Waals surface area contributed by atoms with Crippen LogP contribution in [0.25, 0.3) is 5.57 Å². The van der Waals surface area contributed by atoms with Crippen molar-refractivity contribution in [3.63, 3.8) is 0 Å². The van der Waals surface area contributed by atoms with Gasteiger partial charge >= 0.3 is 0 Å². The van der Waals surface area contributed by atoms with Crippen molar-refractivity contribution < 1.29 is 14.3 Å². The lowest BCUT2D eigenvalue weighted by molar-refractivity contribution is -0.128. The molecule has 1 aliphatic heterocycles. The third-order valence-electron chi connectivity index (χ3n) is 7.79. The predicted molar refractivity (Wildman–Crippen MR) is 188 cm³/mol. The SMILES string of the molecule is Br.C/C(C(=O)N1CCN(Cc2ccc(Cl)cc2)CC1)=C(\C)c1cc(C)c(Oc2ccc(OCc3ccccc3Cl)cn2)c(Cl)c1. The van der Waals surface area contributed by atoms with Gasteiger partial charge in [-0.05, 0) is 79.4 Å². The van der Waals surface area contributed by atoms with Crippen LogP contribution in [-0.2, 0) is 17.9 Å². The van der Waals surface area contributed by atoms with Gasteiger partial charge in [-0.1, -0.05) is 65.1 Å². The van der Waals surface area contributed by atoms with Crippen LogP contribution in [0.1, 0.15) is 36.1 Å². The van der Waals surface area contributed by atoms with Crippen molar-refractivity contribution in [1.29, 1.82) is 0 Å². The van der Waals surface area contributed by atoms with Gasteiger partial charge in [0.05, 0.1) is 11.2 Å². The van der Waals surface area contributed by atoms with E-state index in [2.05, 4.69) is 9.88 Å². The molecule has 1 aliphatic rings. The summed E-state index contributed by atoms with van der Waals surface area (Å²) in [6.45, 7) is 9.94. The summed E-state index contributed by atoms with van der Waals surface area (Å²) in [5, 5.41) is 1.83. The molecule has 45 heavy (non-hydrogen) atoms. The summed E-state index contributed by atoms with van der Waals surface area (Å²) < 4.78 is 11.9. The van der Waals surface area contributed by atoms with Gasteiger partial charge in [0.2, 0.25) is 11.8 Å². The topological polar surface area (TPSA) is 54.9 Å². The second-order valence-corrected chi connectivity index (χ2v) is 12.1. The molecule has 1 fully saturated rings. The summed E-state index contributed by atoms with van der Waals surface area (Å²) >= 11 is 18.9. The number of halogens is 4. The second-order valence-electron chi connectivity index (χ2n) is 10.9. The molecule has 2 heterocycles. The number of aromatic nitrogens is 1. The largest absolute Gasteiger partial charge is 0.487 e. The van der Waals surface area contributed by atoms with Crippen LogP contribution in [0.4, 0.5) is 0 Å². The van der Waals surface area contributed by atoms with Crippen LogP contribution in [-0.4, -0.2) is 46.9 Å². The highest BCUT2D eigenvalue weighted by Crippen LogP contribution is 2.36. The first-order valence-electron chi connectivity index (χ1n) is 14.4. The van der Waals surface area contributed by atoms with Crippen LogP contribution in [0.5, 0.6) is 17.4 Å². The highest BCUT2D eigenvalue weighted by atomic mass is 79.9. The quantitative estimate of drug-likeness (QED) is 0.161. The maximum atomic E-state index is 13.4. The predicted octanol–water partition coefficient (Wildman–Crippen LogP) is 9.44. The van der Waals surface area contributed by atoms with Crippen molar-refractivity contribution in [2.45, 2.75) is 33.9 Å². The van der Waals surface area contributed by atoms with Gasteiger partial charge in [-0.25, -0.2) is 4.98 Å². The molecule has 0 aliphatic carbocycles. The monoisotopic (exact) mass is 729 g/mol. The number of nitrogens with zero attached hydrogens (tertiary/aromatic N) is 3. The zero-order valence-corrected chi connectivity index (χ0v) is 29.3. The zero-order chi connectivity index (χ0) is 31.2. The number of carbonyl (C=O) groups excluding carboxylic acids is 1. The van der Waals surface area contributed by atoms with Crippen LogP contribution in [0.15, 0.2) is 84.6 Å². The summed E-state index contributed by atoms with van der Waals surface area (Å²) in [7, 11) is 0. The lowest BCUT2D eigenvalue weighted by Crippen LogP contribution is -2.48. The molecule has 4 aromatic rings. The number of allylic oxidation sites excluding steroid dienone is 1. The van der Waals surface area contributed by atoms with Crippen molar-refractivity contribution in [1.82, 2.24) is 14.8 Å². The summed E-state index contributed by atoms with van der Waals surface area (Å²) in [5.41, 5.74) is 5.41. The second kappa shape index (κ2) is 16.0. The average molecular weight is 732 g/mol. The van der Waals surface area contributed by atoms with Gasteiger partial charge < -0.3 is 14.4 Å². The van der Waals surface area contributed by atoms with Gasteiger partial charge in [0.25, 0.3) is 0 Å². The van der Waals surface area contributed by atoms with E-state index < -0.39 is 0 Å². The Morgan fingerprint density at radius 2 is 1.60 bits per heavy atom. The molecule has 0 atom stereocenters. The molecule has 1 aromatic heterocycles. The van der Waals surface area contributed by atoms with E-state index in [1.807, 2.05) is 86.3 Å². The first-order chi connectivity index (χ1) is 21.2. The Labute approximate surface area is 290 Å². The van der Waals surface area contributed by atoms with Crippen molar-refractivity contribution in [2.24, 2.45) is 0 Å². The molecule has 0 N–H and O–H groups in total. The molecule has 1 saturated heterocycles. The highest BCUT2D eigenvalue weighted by molar-refractivity contribution is 8.93. The van der Waals surface area contributed by atoms with Crippen LogP contribution >= 0.6 is 51.8 Å². The molecule has 10 heteroatoms. The number of hydrogen-bond donors (Lipinski definition) is 0. The van der Waals surface area contributed by atoms with Gasteiger partial charge in [0.1, 0.15) is 12.4 Å². The molecule has 0 saturated carbocycles. The molecule has 5 rings (SSSR count). The first-order valence-corrected chi connectivity index (χ1v) is 15.6. The molecule has 0 bridgehead atoms. The number of amides is 1. The summed E-state index contributed by atoms with van der Waals surface area (Å²) in [4.78, 5) is 22.1. The number of aryl methyl sites for hydroxylation is 1. The Bertz CT molecular complexity index is 1630. The number of rotatable bonds is 9. The molecule has 3 aromatic carbocycles. The van der Waals surface area contributed by atoms with Crippen LogP contribution in [0.2, 0.25) is 15.1 Å². The van der Waals surface area contributed by atoms with Crippen LogP contribution in [0.3, 0.4) is 0 Å². The lowest BCUT2D eigenvalue weighted by Gasteiger charge is -2.35. The molecule has 236 valence electrons. The maximum absolute atomic E-state index is 13.4. The Hall–Kier alpha value is -3.07. The Morgan fingerprint density at radius 3 is 2.24 bits per heavy atom. The minimum Gasteiger partial charge on any atom is -0.487 e. The minimum atomic E-state index is 0. The first kappa shape index (κ1) is 34.8. The van der Waals surface area contributed by atoms with Gasteiger partial charge in [-0.2, -0.15) is 0 Å². The lowest BCUT2D eigenvalue weighted by atomic mass is 9.99. The van der Waals surface area contributed by atoms with Crippen molar-refractivity contribution in [2.75, 3.05) is 26.2 Å². The highest BCUT2D eigenvalue weighted by Gasteiger charge is 2.23. The minimum absolute atomic E-state index is 0. The van der Waals surface area contributed by atoms with E-state index in [-0.39, 0.29) is 22.9 Å². The van der Waals surface area contributed by atoms with E-state index in [0.717, 1.165) is 46.9 Å². The third-order valence-corrected chi connectivity index (χ3v) is 8.69. The molecular weight excluding hydrogens is 697 g/mol. The summed E-state index contributed by atoms with van der Waals surface area (Å²) in [6, 6.07) is 22.8. The maximum Gasteiger partial charge on any atom is 0.249 e. The molecule has 0 spiro atoms. The average Bonchev–Trinajstić information content (AvgIpc) is 3.03. The molecule has 0 radical (unpaired) electrons. The fourth-order valence-electron chi connectivity index (χ4n) is 5.04. The number of ether oxygens (including phenoxy) is 2. The van der Waals surface area contributed by atoms with Gasteiger partial charge in [0, 0.05) is 60.0 Å². The van der Waals surface area contributed by atoms with E-state index in [4.69, 9.17) is 44.3 Å². The van der Waals surface area contributed by atoms with E-state index in [0.29, 0.717) is 52.7 Å². The van der Waals surface area contributed by atoms with E-state index >= 15 is 0 Å². The Kier molecular flexibility index (Phi) is 12.3. The van der Waals surface area contributed by atoms with Crippen LogP contribution in [0, 0.1) is 6.92 Å². The van der Waals surface area contributed by atoms with Crippen molar-refractivity contribution >= 4 is 63.3 Å². The van der Waals surface area contributed by atoms with Gasteiger partial charge in [-0.15, -0.1) is 17.0 Å². The fraction of sp³-hybridized carbons (Fsp3) is 0.257. The number of pyridine rings is 1. The van der Waals surface area contributed by atoms with E-state index in [1.165, 1.54) is 5.56 Å². The number of hydrogen-bond acceptors (Lipinski definition) is 5. The van der Waals surface area contributed by atoms with Crippen LogP contribution < -0.4 is 9.47 Å². The van der Waals surface area contributed by atoms with Crippen molar-refractivity contribution in [3.05, 3.63) is 122 Å². The smallest absolute Gasteiger partial charge is 0.249 e. The van der Waals surface area contributed by atoms with E-state index in [1.54, 1.807) is 18.3 Å². The summed E-state index contributed by atoms with van der Waals surface area (Å²) in [5.74, 6) is 1.55. The molecule has 6 nitrogen and oxygen atoms in total. The van der Waals surface area contributed by atoms with E-state index in [9.17, 15) is 4.79 Å². The third kappa shape index (κ3) is 9.02. The number of carbonyl (C=O) groups is 1. The number of piperazine rings is 1. The zero-order valence-electron chi connectivity index (χ0n) is 25.4. The summed E-state index contributed by atoms with van der Waals surface area (Å²) in [6.07, 6.45) is 1.60. The molecular formula is C35H35BrCl3N3O3. The molecule has 1 amide bonds. The normalized spacial score (nSPS) is 14.0. The molecule has 0 unspecified atom stereocenters.